The van der Waals surface area contributed by atoms with Gasteiger partial charge in [-0.05, 0) is 6.92 Å². The smallest absolute Gasteiger partial charge is 0.111 e. The molecule has 1 saturated heterocycles. The van der Waals surface area contributed by atoms with Gasteiger partial charge < -0.3 is 14.6 Å². The van der Waals surface area contributed by atoms with E-state index in [0.717, 1.165) is 18.4 Å². The Morgan fingerprint density at radius 1 is 1.59 bits per heavy atom. The molecule has 5 heteroatoms. The van der Waals surface area contributed by atoms with E-state index in [1.807, 2.05) is 20.2 Å². The molecular formula is C12H20N2O3. The van der Waals surface area contributed by atoms with Crippen LogP contribution in [-0.2, 0) is 16.5 Å². The highest BCUT2D eigenvalue weighted by Crippen LogP contribution is 2.37. The number of ether oxygens (including phenoxy) is 2. The van der Waals surface area contributed by atoms with E-state index in [-0.39, 0.29) is 0 Å². The first kappa shape index (κ1) is 12.5. The Balaban J connectivity index is 2.20. The van der Waals surface area contributed by atoms with E-state index < -0.39 is 11.7 Å². The molecule has 1 aliphatic heterocycles. The highest BCUT2D eigenvalue weighted by molar-refractivity contribution is 5.14. The molecule has 1 fully saturated rings. The SMILES string of the molecule is CCOC1(C(O)c2cnn(C)c2)CCOCC1. The van der Waals surface area contributed by atoms with Crippen LogP contribution < -0.4 is 0 Å². The molecule has 1 unspecified atom stereocenters. The van der Waals surface area contributed by atoms with Gasteiger partial charge in [-0.2, -0.15) is 5.10 Å². The minimum Gasteiger partial charge on any atom is -0.385 e. The van der Waals surface area contributed by atoms with Crippen LogP contribution in [0, 0.1) is 0 Å². The lowest BCUT2D eigenvalue weighted by molar-refractivity contribution is -0.168. The van der Waals surface area contributed by atoms with E-state index >= 15 is 0 Å². The van der Waals surface area contributed by atoms with Crippen molar-refractivity contribution in [2.45, 2.75) is 31.5 Å². The molecular weight excluding hydrogens is 220 g/mol. The molecule has 5 nitrogen and oxygen atoms in total. The molecule has 2 rings (SSSR count). The molecule has 0 radical (unpaired) electrons. The lowest BCUT2D eigenvalue weighted by Crippen LogP contribution is -2.44. The van der Waals surface area contributed by atoms with Crippen molar-refractivity contribution in [1.29, 1.82) is 0 Å². The Kier molecular flexibility index (Phi) is 3.81. The molecule has 1 aliphatic rings. The van der Waals surface area contributed by atoms with E-state index in [0.29, 0.717) is 19.8 Å². The van der Waals surface area contributed by atoms with E-state index in [2.05, 4.69) is 5.10 Å². The summed E-state index contributed by atoms with van der Waals surface area (Å²) in [7, 11) is 1.84. The fourth-order valence-electron chi connectivity index (χ4n) is 2.39. The third kappa shape index (κ3) is 2.51. The van der Waals surface area contributed by atoms with Gasteiger partial charge in [0.15, 0.2) is 0 Å². The van der Waals surface area contributed by atoms with Gasteiger partial charge in [0, 0.05) is 51.5 Å². The highest BCUT2D eigenvalue weighted by atomic mass is 16.5. The van der Waals surface area contributed by atoms with Gasteiger partial charge in [-0.25, -0.2) is 0 Å². The zero-order valence-electron chi connectivity index (χ0n) is 10.4. The summed E-state index contributed by atoms with van der Waals surface area (Å²) in [6.45, 7) is 3.82. The first-order chi connectivity index (χ1) is 8.18. The molecule has 1 atom stereocenters. The average Bonchev–Trinajstić information content (AvgIpc) is 2.76. The summed E-state index contributed by atoms with van der Waals surface area (Å²) in [5.74, 6) is 0. The summed E-state index contributed by atoms with van der Waals surface area (Å²) >= 11 is 0. The summed E-state index contributed by atoms with van der Waals surface area (Å²) in [6.07, 6.45) is 4.33. The van der Waals surface area contributed by atoms with E-state index in [1.54, 1.807) is 10.9 Å². The second-order valence-corrected chi connectivity index (χ2v) is 4.46. The summed E-state index contributed by atoms with van der Waals surface area (Å²) < 4.78 is 12.9. The fraction of sp³-hybridized carbons (Fsp3) is 0.750. The van der Waals surface area contributed by atoms with Crippen molar-refractivity contribution < 1.29 is 14.6 Å². The van der Waals surface area contributed by atoms with Crippen molar-refractivity contribution >= 4 is 0 Å². The predicted octanol–water partition coefficient (Wildman–Crippen LogP) is 1.04. The van der Waals surface area contributed by atoms with Gasteiger partial charge in [0.1, 0.15) is 11.7 Å². The largest absolute Gasteiger partial charge is 0.385 e. The van der Waals surface area contributed by atoms with E-state index in [9.17, 15) is 5.11 Å². The van der Waals surface area contributed by atoms with Crippen LogP contribution in [0.2, 0.25) is 0 Å². The lowest BCUT2D eigenvalue weighted by atomic mass is 9.85. The van der Waals surface area contributed by atoms with Crippen LogP contribution >= 0.6 is 0 Å². The maximum atomic E-state index is 10.5. The maximum Gasteiger partial charge on any atom is 0.111 e. The number of aromatic nitrogens is 2. The van der Waals surface area contributed by atoms with E-state index in [1.165, 1.54) is 0 Å². The maximum absolute atomic E-state index is 10.5. The van der Waals surface area contributed by atoms with Gasteiger partial charge in [0.05, 0.1) is 6.20 Å². The van der Waals surface area contributed by atoms with Gasteiger partial charge in [-0.1, -0.05) is 0 Å². The first-order valence-electron chi connectivity index (χ1n) is 6.06. The zero-order chi connectivity index (χ0) is 12.3. The second-order valence-electron chi connectivity index (χ2n) is 4.46. The third-order valence-electron chi connectivity index (χ3n) is 3.31. The average molecular weight is 240 g/mol. The van der Waals surface area contributed by atoms with Gasteiger partial charge in [-0.3, -0.25) is 4.68 Å². The molecule has 0 bridgehead atoms. The van der Waals surface area contributed by atoms with Crippen LogP contribution in [0.4, 0.5) is 0 Å². The zero-order valence-corrected chi connectivity index (χ0v) is 10.4. The number of rotatable bonds is 4. The van der Waals surface area contributed by atoms with Crippen LogP contribution in [0.1, 0.15) is 31.4 Å². The third-order valence-corrected chi connectivity index (χ3v) is 3.31. The van der Waals surface area contributed by atoms with Crippen molar-refractivity contribution in [2.75, 3.05) is 19.8 Å². The van der Waals surface area contributed by atoms with Crippen molar-refractivity contribution in [3.05, 3.63) is 18.0 Å². The molecule has 1 aromatic heterocycles. The molecule has 0 aliphatic carbocycles. The molecule has 96 valence electrons. The summed E-state index contributed by atoms with van der Waals surface area (Å²) in [6, 6.07) is 0. The van der Waals surface area contributed by atoms with Crippen LogP contribution in [0.3, 0.4) is 0 Å². The summed E-state index contributed by atoms with van der Waals surface area (Å²) in [5.41, 5.74) is 0.290. The molecule has 0 amide bonds. The molecule has 0 aromatic carbocycles. The van der Waals surface area contributed by atoms with Gasteiger partial charge in [-0.15, -0.1) is 0 Å². The van der Waals surface area contributed by atoms with Crippen molar-refractivity contribution in [3.8, 4) is 0 Å². The Morgan fingerprint density at radius 3 is 2.82 bits per heavy atom. The summed E-state index contributed by atoms with van der Waals surface area (Å²) in [4.78, 5) is 0. The Hall–Kier alpha value is -0.910. The van der Waals surface area contributed by atoms with Gasteiger partial charge in [0.2, 0.25) is 0 Å². The monoisotopic (exact) mass is 240 g/mol. The van der Waals surface area contributed by atoms with Crippen LogP contribution in [0.25, 0.3) is 0 Å². The van der Waals surface area contributed by atoms with Crippen molar-refractivity contribution in [3.63, 3.8) is 0 Å². The van der Waals surface area contributed by atoms with Gasteiger partial charge in [0.25, 0.3) is 0 Å². The van der Waals surface area contributed by atoms with Crippen LogP contribution in [-0.4, -0.2) is 40.3 Å². The molecule has 1 N–H and O–H groups in total. The molecule has 17 heavy (non-hydrogen) atoms. The fourth-order valence-corrected chi connectivity index (χ4v) is 2.39. The van der Waals surface area contributed by atoms with Crippen LogP contribution in [0.15, 0.2) is 12.4 Å². The molecule has 0 saturated carbocycles. The number of nitrogens with zero attached hydrogens (tertiary/aromatic N) is 2. The topological polar surface area (TPSA) is 56.5 Å². The number of hydrogen-bond donors (Lipinski definition) is 1. The summed E-state index contributed by atoms with van der Waals surface area (Å²) in [5, 5.41) is 14.6. The Bertz CT molecular complexity index is 353. The Morgan fingerprint density at radius 2 is 2.29 bits per heavy atom. The van der Waals surface area contributed by atoms with Crippen LogP contribution in [0.5, 0.6) is 0 Å². The predicted molar refractivity (Wildman–Crippen MR) is 62.6 cm³/mol. The lowest BCUT2D eigenvalue weighted by Gasteiger charge is -2.40. The number of hydrogen-bond acceptors (Lipinski definition) is 4. The van der Waals surface area contributed by atoms with Crippen molar-refractivity contribution in [2.24, 2.45) is 7.05 Å². The van der Waals surface area contributed by atoms with Gasteiger partial charge >= 0.3 is 0 Å². The highest BCUT2D eigenvalue weighted by Gasteiger charge is 2.41. The normalized spacial score (nSPS) is 21.4. The minimum atomic E-state index is -0.639. The quantitative estimate of drug-likeness (QED) is 0.854. The first-order valence-corrected chi connectivity index (χ1v) is 6.06. The minimum absolute atomic E-state index is 0.518. The molecule has 1 aromatic rings. The number of aliphatic hydroxyl groups excluding tert-OH is 1. The standard InChI is InChI=1S/C12H20N2O3/c1-3-17-12(4-6-16-7-5-12)11(15)10-8-13-14(2)9-10/h8-9,11,15H,3-7H2,1-2H3. The number of aliphatic hydroxyl groups is 1. The van der Waals surface area contributed by atoms with E-state index in [4.69, 9.17) is 9.47 Å². The molecule has 2 heterocycles. The van der Waals surface area contributed by atoms with Crippen molar-refractivity contribution in [1.82, 2.24) is 9.78 Å². The second kappa shape index (κ2) is 5.16. The Labute approximate surface area is 101 Å². The number of aryl methyl sites for hydroxylation is 1. The molecule has 0 spiro atoms.